The topological polar surface area (TPSA) is 98.2 Å². The number of rotatable bonds is 5. The van der Waals surface area contributed by atoms with E-state index >= 15 is 0 Å². The monoisotopic (exact) mass is 215 g/mol. The van der Waals surface area contributed by atoms with Crippen LogP contribution in [0.15, 0.2) is 0 Å². The minimum absolute atomic E-state index is 0.188. The third-order valence-corrected chi connectivity index (χ3v) is 2.11. The zero-order valence-electron chi connectivity index (χ0n) is 9.67. The van der Waals surface area contributed by atoms with Crippen LogP contribution in [0.25, 0.3) is 0 Å². The maximum Gasteiger partial charge on any atom is 0.237 e. The van der Waals surface area contributed by atoms with Gasteiger partial charge in [-0.3, -0.25) is 9.59 Å². The molecular formula is C10H21N3O2. The van der Waals surface area contributed by atoms with E-state index in [0.29, 0.717) is 13.0 Å². The first-order valence-electron chi connectivity index (χ1n) is 5.06. The Morgan fingerprint density at radius 1 is 1.33 bits per heavy atom. The van der Waals surface area contributed by atoms with Crippen LogP contribution in [0, 0.1) is 5.41 Å². The fourth-order valence-electron chi connectivity index (χ4n) is 0.977. The third-order valence-electron chi connectivity index (χ3n) is 2.11. The quantitative estimate of drug-likeness (QED) is 0.551. The molecule has 15 heavy (non-hydrogen) atoms. The second-order valence-corrected chi connectivity index (χ2v) is 4.70. The lowest BCUT2D eigenvalue weighted by Crippen LogP contribution is -2.48. The molecule has 0 aromatic carbocycles. The molecule has 0 aromatic rings. The van der Waals surface area contributed by atoms with E-state index in [1.807, 2.05) is 20.8 Å². The molecule has 5 nitrogen and oxygen atoms in total. The van der Waals surface area contributed by atoms with Crippen molar-refractivity contribution in [2.24, 2.45) is 16.9 Å². The molecule has 0 fully saturated rings. The van der Waals surface area contributed by atoms with Crippen LogP contribution in [0.2, 0.25) is 0 Å². The van der Waals surface area contributed by atoms with Crippen molar-refractivity contribution in [3.8, 4) is 0 Å². The van der Waals surface area contributed by atoms with Crippen LogP contribution in [0.5, 0.6) is 0 Å². The van der Waals surface area contributed by atoms with Crippen LogP contribution >= 0.6 is 0 Å². The average molecular weight is 215 g/mol. The van der Waals surface area contributed by atoms with Gasteiger partial charge in [-0.2, -0.15) is 0 Å². The highest BCUT2D eigenvalue weighted by Gasteiger charge is 2.26. The normalized spacial score (nSPS) is 13.3. The van der Waals surface area contributed by atoms with Gasteiger partial charge in [0.1, 0.15) is 0 Å². The van der Waals surface area contributed by atoms with Crippen LogP contribution in [0.1, 0.15) is 33.6 Å². The number of nitrogens with two attached hydrogens (primary N) is 2. The van der Waals surface area contributed by atoms with Gasteiger partial charge >= 0.3 is 0 Å². The highest BCUT2D eigenvalue weighted by molar-refractivity contribution is 5.82. The Bertz CT molecular complexity index is 233. The van der Waals surface area contributed by atoms with Gasteiger partial charge in [0.05, 0.1) is 6.04 Å². The Hall–Kier alpha value is -1.10. The lowest BCUT2D eigenvalue weighted by molar-refractivity contribution is -0.125. The van der Waals surface area contributed by atoms with E-state index in [-0.39, 0.29) is 23.7 Å². The average Bonchev–Trinajstić information content (AvgIpc) is 2.09. The van der Waals surface area contributed by atoms with E-state index in [4.69, 9.17) is 11.5 Å². The molecule has 5 N–H and O–H groups in total. The van der Waals surface area contributed by atoms with E-state index in [2.05, 4.69) is 5.32 Å². The second kappa shape index (κ2) is 5.70. The highest BCUT2D eigenvalue weighted by Crippen LogP contribution is 2.16. The van der Waals surface area contributed by atoms with Crippen LogP contribution in [-0.4, -0.2) is 24.4 Å². The Labute approximate surface area is 90.6 Å². The molecule has 2 amide bonds. The molecule has 1 atom stereocenters. The van der Waals surface area contributed by atoms with Crippen LogP contribution in [0.4, 0.5) is 0 Å². The number of hydrogen-bond donors (Lipinski definition) is 3. The van der Waals surface area contributed by atoms with E-state index in [1.54, 1.807) is 0 Å². The number of amides is 2. The summed E-state index contributed by atoms with van der Waals surface area (Å²) in [5.74, 6) is -0.545. The first kappa shape index (κ1) is 13.9. The van der Waals surface area contributed by atoms with Crippen LogP contribution in [0.3, 0.4) is 0 Å². The van der Waals surface area contributed by atoms with Crippen molar-refractivity contribution in [3.63, 3.8) is 0 Å². The van der Waals surface area contributed by atoms with Gasteiger partial charge in [-0.05, 0) is 11.8 Å². The van der Waals surface area contributed by atoms with E-state index < -0.39 is 6.04 Å². The molecule has 0 aliphatic heterocycles. The molecule has 0 saturated heterocycles. The molecule has 0 aliphatic carbocycles. The van der Waals surface area contributed by atoms with Gasteiger partial charge in [0, 0.05) is 13.0 Å². The second-order valence-electron chi connectivity index (χ2n) is 4.70. The minimum atomic E-state index is -0.536. The molecule has 88 valence electrons. The van der Waals surface area contributed by atoms with E-state index in [1.165, 1.54) is 0 Å². The predicted molar refractivity (Wildman–Crippen MR) is 58.9 cm³/mol. The molecule has 0 aliphatic rings. The van der Waals surface area contributed by atoms with Crippen molar-refractivity contribution < 1.29 is 9.59 Å². The van der Waals surface area contributed by atoms with Crippen molar-refractivity contribution in [2.75, 3.05) is 6.54 Å². The molecular weight excluding hydrogens is 194 g/mol. The summed E-state index contributed by atoms with van der Waals surface area (Å²) in [5.41, 5.74) is 10.4. The summed E-state index contributed by atoms with van der Waals surface area (Å²) in [6.45, 7) is 6.15. The number of carbonyl (C=O) groups is 2. The standard InChI is InChI=1S/C10H21N3O2/c1-10(2,3)8(12)9(15)13-6-4-5-7(11)14/h8H,4-6,12H2,1-3H3,(H2,11,14)(H,13,15)/t8-/m0/s1. The summed E-state index contributed by atoms with van der Waals surface area (Å²) in [6, 6.07) is -0.536. The first-order chi connectivity index (χ1) is 6.75. The number of hydrogen-bond acceptors (Lipinski definition) is 3. The number of nitrogens with one attached hydrogen (secondary N) is 1. The number of carbonyl (C=O) groups excluding carboxylic acids is 2. The SMILES string of the molecule is CC(C)(C)[C@@H](N)C(=O)NCCCC(N)=O. The zero-order chi connectivity index (χ0) is 12.1. The summed E-state index contributed by atoms with van der Waals surface area (Å²) in [5, 5.41) is 2.67. The Morgan fingerprint density at radius 2 is 1.87 bits per heavy atom. The van der Waals surface area contributed by atoms with E-state index in [0.717, 1.165) is 0 Å². The van der Waals surface area contributed by atoms with Crippen molar-refractivity contribution in [2.45, 2.75) is 39.7 Å². The van der Waals surface area contributed by atoms with Gasteiger partial charge in [0.25, 0.3) is 0 Å². The lowest BCUT2D eigenvalue weighted by atomic mass is 9.87. The summed E-state index contributed by atoms with van der Waals surface area (Å²) >= 11 is 0. The van der Waals surface area contributed by atoms with Crippen molar-refractivity contribution in [1.82, 2.24) is 5.32 Å². The summed E-state index contributed by atoms with van der Waals surface area (Å²) in [4.78, 5) is 21.9. The summed E-state index contributed by atoms with van der Waals surface area (Å²) in [6.07, 6.45) is 0.836. The maximum atomic E-state index is 11.5. The Morgan fingerprint density at radius 3 is 2.27 bits per heavy atom. The predicted octanol–water partition coefficient (Wildman–Crippen LogP) is -0.258. The molecule has 0 rings (SSSR count). The van der Waals surface area contributed by atoms with Gasteiger partial charge in [0.2, 0.25) is 11.8 Å². The summed E-state index contributed by atoms with van der Waals surface area (Å²) < 4.78 is 0. The Balaban J connectivity index is 3.80. The molecule has 0 unspecified atom stereocenters. The molecule has 5 heteroatoms. The minimum Gasteiger partial charge on any atom is -0.370 e. The van der Waals surface area contributed by atoms with Gasteiger partial charge in [-0.1, -0.05) is 20.8 Å². The Kier molecular flexibility index (Phi) is 5.28. The largest absolute Gasteiger partial charge is 0.370 e. The molecule has 0 saturated carbocycles. The zero-order valence-corrected chi connectivity index (χ0v) is 9.67. The molecule has 0 heterocycles. The fraction of sp³-hybridized carbons (Fsp3) is 0.800. The maximum absolute atomic E-state index is 11.5. The molecule has 0 radical (unpaired) electrons. The first-order valence-corrected chi connectivity index (χ1v) is 5.06. The van der Waals surface area contributed by atoms with E-state index in [9.17, 15) is 9.59 Å². The van der Waals surface area contributed by atoms with Crippen LogP contribution < -0.4 is 16.8 Å². The van der Waals surface area contributed by atoms with Gasteiger partial charge < -0.3 is 16.8 Å². The number of primary amides is 1. The molecule has 0 aromatic heterocycles. The van der Waals surface area contributed by atoms with Gasteiger partial charge in [0.15, 0.2) is 0 Å². The summed E-state index contributed by atoms with van der Waals surface area (Å²) in [7, 11) is 0. The molecule has 0 bridgehead atoms. The highest BCUT2D eigenvalue weighted by atomic mass is 16.2. The molecule has 0 spiro atoms. The van der Waals surface area contributed by atoms with Crippen LogP contribution in [-0.2, 0) is 9.59 Å². The van der Waals surface area contributed by atoms with Crippen molar-refractivity contribution in [1.29, 1.82) is 0 Å². The smallest absolute Gasteiger partial charge is 0.237 e. The van der Waals surface area contributed by atoms with Gasteiger partial charge in [-0.25, -0.2) is 0 Å². The third kappa shape index (κ3) is 6.06. The van der Waals surface area contributed by atoms with Crippen molar-refractivity contribution >= 4 is 11.8 Å². The van der Waals surface area contributed by atoms with Gasteiger partial charge in [-0.15, -0.1) is 0 Å². The lowest BCUT2D eigenvalue weighted by Gasteiger charge is -2.25. The van der Waals surface area contributed by atoms with Crippen molar-refractivity contribution in [3.05, 3.63) is 0 Å². The fourth-order valence-corrected chi connectivity index (χ4v) is 0.977.